The highest BCUT2D eigenvalue weighted by molar-refractivity contribution is 8.01. The molecule has 0 saturated carbocycles. The van der Waals surface area contributed by atoms with Crippen LogP contribution < -0.4 is 5.32 Å². The molecule has 2 rings (SSSR count). The van der Waals surface area contributed by atoms with Crippen molar-refractivity contribution in [2.75, 3.05) is 18.9 Å². The van der Waals surface area contributed by atoms with E-state index in [0.29, 0.717) is 12.2 Å². The first-order valence-corrected chi connectivity index (χ1v) is 7.29. The zero-order valence-electron chi connectivity index (χ0n) is 11.2. The molecule has 20 heavy (non-hydrogen) atoms. The van der Waals surface area contributed by atoms with E-state index in [9.17, 15) is 14.4 Å². The first kappa shape index (κ1) is 14.7. The SMILES string of the molecule is C#CCNC(=O)COC(=O)[C@@H]1CS[C@@]2(C)CCC(=O)N12. The smallest absolute Gasteiger partial charge is 0.330 e. The largest absolute Gasteiger partial charge is 0.454 e. The van der Waals surface area contributed by atoms with Crippen LogP contribution in [-0.4, -0.2) is 52.5 Å². The van der Waals surface area contributed by atoms with Crippen molar-refractivity contribution in [3.8, 4) is 12.3 Å². The number of terminal acetylenes is 1. The van der Waals surface area contributed by atoms with Crippen LogP contribution in [0.25, 0.3) is 0 Å². The van der Waals surface area contributed by atoms with E-state index in [4.69, 9.17) is 11.2 Å². The Kier molecular flexibility index (Phi) is 4.23. The number of hydrogen-bond donors (Lipinski definition) is 1. The molecule has 6 nitrogen and oxygen atoms in total. The van der Waals surface area contributed by atoms with E-state index < -0.39 is 17.9 Å². The lowest BCUT2D eigenvalue weighted by molar-refractivity contribution is -0.156. The van der Waals surface area contributed by atoms with Crippen LogP contribution in [0, 0.1) is 12.3 Å². The minimum atomic E-state index is -0.597. The van der Waals surface area contributed by atoms with E-state index in [1.54, 1.807) is 16.7 Å². The highest BCUT2D eigenvalue weighted by Crippen LogP contribution is 2.47. The lowest BCUT2D eigenvalue weighted by Gasteiger charge is -2.29. The number of hydrogen-bond acceptors (Lipinski definition) is 5. The van der Waals surface area contributed by atoms with Crippen molar-refractivity contribution >= 4 is 29.5 Å². The molecule has 7 heteroatoms. The molecule has 0 bridgehead atoms. The molecule has 108 valence electrons. The van der Waals surface area contributed by atoms with Gasteiger partial charge < -0.3 is 15.0 Å². The summed E-state index contributed by atoms with van der Waals surface area (Å²) in [4.78, 5) is 36.5. The number of amides is 2. The van der Waals surface area contributed by atoms with Crippen molar-refractivity contribution in [2.45, 2.75) is 30.7 Å². The van der Waals surface area contributed by atoms with Gasteiger partial charge in [-0.15, -0.1) is 18.2 Å². The molecule has 2 aliphatic heterocycles. The fraction of sp³-hybridized carbons (Fsp3) is 0.615. The molecule has 0 unspecified atom stereocenters. The number of thioether (sulfide) groups is 1. The zero-order valence-corrected chi connectivity index (χ0v) is 12.0. The number of rotatable bonds is 4. The second kappa shape index (κ2) is 5.75. The van der Waals surface area contributed by atoms with Gasteiger partial charge in [-0.25, -0.2) is 4.79 Å². The van der Waals surface area contributed by atoms with Gasteiger partial charge in [-0.2, -0.15) is 0 Å². The third-order valence-corrected chi connectivity index (χ3v) is 4.96. The molecule has 0 aromatic carbocycles. The van der Waals surface area contributed by atoms with Crippen molar-refractivity contribution in [3.63, 3.8) is 0 Å². The van der Waals surface area contributed by atoms with Crippen LogP contribution in [0.1, 0.15) is 19.8 Å². The first-order valence-electron chi connectivity index (χ1n) is 6.31. The van der Waals surface area contributed by atoms with Gasteiger partial charge in [-0.1, -0.05) is 5.92 Å². The van der Waals surface area contributed by atoms with Crippen LogP contribution in [0.5, 0.6) is 0 Å². The lowest BCUT2D eigenvalue weighted by Crippen LogP contribution is -2.47. The maximum atomic E-state index is 12.0. The van der Waals surface area contributed by atoms with Gasteiger partial charge in [0.1, 0.15) is 6.04 Å². The molecule has 2 fully saturated rings. The second-order valence-corrected chi connectivity index (χ2v) is 6.36. The van der Waals surface area contributed by atoms with Crippen LogP contribution in [0.4, 0.5) is 0 Å². The Morgan fingerprint density at radius 3 is 3.10 bits per heavy atom. The van der Waals surface area contributed by atoms with Gasteiger partial charge in [0, 0.05) is 12.2 Å². The summed E-state index contributed by atoms with van der Waals surface area (Å²) < 4.78 is 4.96. The van der Waals surface area contributed by atoms with Gasteiger partial charge in [0.25, 0.3) is 5.91 Å². The Morgan fingerprint density at radius 2 is 2.40 bits per heavy atom. The predicted molar refractivity (Wildman–Crippen MR) is 73.5 cm³/mol. The summed E-state index contributed by atoms with van der Waals surface area (Å²) >= 11 is 1.58. The number of carbonyl (C=O) groups is 3. The standard InChI is InChI=1S/C13H16N2O4S/c1-3-6-14-10(16)7-19-12(18)9-8-20-13(2)5-4-11(17)15(9)13/h1,9H,4-8H2,2H3,(H,14,16)/t9-,13-/m0/s1. The van der Waals surface area contributed by atoms with Crippen LogP contribution in [0.2, 0.25) is 0 Å². The number of nitrogens with zero attached hydrogens (tertiary/aromatic N) is 1. The van der Waals surface area contributed by atoms with Gasteiger partial charge in [-0.3, -0.25) is 9.59 Å². The van der Waals surface area contributed by atoms with E-state index in [-0.39, 0.29) is 23.9 Å². The number of nitrogens with one attached hydrogen (secondary N) is 1. The van der Waals surface area contributed by atoms with Gasteiger partial charge in [-0.05, 0) is 13.3 Å². The van der Waals surface area contributed by atoms with E-state index >= 15 is 0 Å². The fourth-order valence-corrected chi connectivity index (χ4v) is 3.85. The molecule has 1 N–H and O–H groups in total. The molecule has 2 atom stereocenters. The van der Waals surface area contributed by atoms with E-state index in [0.717, 1.165) is 6.42 Å². The average molecular weight is 296 g/mol. The van der Waals surface area contributed by atoms with Crippen molar-refractivity contribution in [2.24, 2.45) is 0 Å². The number of carbonyl (C=O) groups excluding carboxylic acids is 3. The normalized spacial score (nSPS) is 27.9. The van der Waals surface area contributed by atoms with Crippen LogP contribution in [0.3, 0.4) is 0 Å². The zero-order chi connectivity index (χ0) is 14.8. The third kappa shape index (κ3) is 2.75. The summed E-state index contributed by atoms with van der Waals surface area (Å²) in [5.74, 6) is 1.75. The summed E-state index contributed by atoms with van der Waals surface area (Å²) in [5.41, 5.74) is 0. The molecule has 0 spiro atoms. The molecule has 2 heterocycles. The summed E-state index contributed by atoms with van der Waals surface area (Å²) in [6, 6.07) is -0.597. The molecular formula is C13H16N2O4S. The van der Waals surface area contributed by atoms with Gasteiger partial charge in [0.15, 0.2) is 6.61 Å². The Hall–Kier alpha value is -1.68. The van der Waals surface area contributed by atoms with Crippen molar-refractivity contribution < 1.29 is 19.1 Å². The Bertz CT molecular complexity index is 487. The Morgan fingerprint density at radius 1 is 1.65 bits per heavy atom. The molecule has 0 aromatic heterocycles. The highest BCUT2D eigenvalue weighted by atomic mass is 32.2. The second-order valence-electron chi connectivity index (χ2n) is 4.85. The minimum Gasteiger partial charge on any atom is -0.454 e. The Labute approximate surface area is 121 Å². The molecule has 2 saturated heterocycles. The average Bonchev–Trinajstić information content (AvgIpc) is 2.91. The molecule has 0 radical (unpaired) electrons. The number of esters is 1. The topological polar surface area (TPSA) is 75.7 Å². The van der Waals surface area contributed by atoms with Crippen LogP contribution in [0.15, 0.2) is 0 Å². The molecule has 2 aliphatic rings. The van der Waals surface area contributed by atoms with Crippen LogP contribution >= 0.6 is 11.8 Å². The Balaban J connectivity index is 1.89. The van der Waals surface area contributed by atoms with E-state index in [2.05, 4.69) is 11.2 Å². The summed E-state index contributed by atoms with van der Waals surface area (Å²) in [5, 5.41) is 2.40. The summed E-state index contributed by atoms with van der Waals surface area (Å²) in [7, 11) is 0. The van der Waals surface area contributed by atoms with Gasteiger partial charge >= 0.3 is 5.97 Å². The van der Waals surface area contributed by atoms with Gasteiger partial charge in [0.05, 0.1) is 11.4 Å². The van der Waals surface area contributed by atoms with Crippen molar-refractivity contribution in [3.05, 3.63) is 0 Å². The molecule has 0 aliphatic carbocycles. The highest BCUT2D eigenvalue weighted by Gasteiger charge is 2.53. The first-order chi connectivity index (χ1) is 9.48. The molecule has 0 aromatic rings. The molecule has 2 amide bonds. The van der Waals surface area contributed by atoms with E-state index in [1.165, 1.54) is 0 Å². The fourth-order valence-electron chi connectivity index (χ4n) is 2.43. The minimum absolute atomic E-state index is 0.0313. The summed E-state index contributed by atoms with van der Waals surface area (Å²) in [6.07, 6.45) is 6.19. The van der Waals surface area contributed by atoms with Crippen molar-refractivity contribution in [1.82, 2.24) is 10.2 Å². The van der Waals surface area contributed by atoms with Crippen LogP contribution in [-0.2, 0) is 19.1 Å². The quantitative estimate of drug-likeness (QED) is 0.571. The maximum absolute atomic E-state index is 12.0. The lowest BCUT2D eigenvalue weighted by atomic mass is 10.2. The predicted octanol–water partition coefficient (Wildman–Crippen LogP) is -0.267. The summed E-state index contributed by atoms with van der Waals surface area (Å²) in [6.45, 7) is 1.67. The molecular weight excluding hydrogens is 280 g/mol. The third-order valence-electron chi connectivity index (χ3n) is 3.45. The monoisotopic (exact) mass is 296 g/mol. The number of ether oxygens (including phenoxy) is 1. The van der Waals surface area contributed by atoms with Gasteiger partial charge in [0.2, 0.25) is 5.91 Å². The maximum Gasteiger partial charge on any atom is 0.330 e. The number of fused-ring (bicyclic) bond motifs is 1. The van der Waals surface area contributed by atoms with E-state index in [1.807, 2.05) is 6.92 Å². The van der Waals surface area contributed by atoms with Crippen molar-refractivity contribution in [1.29, 1.82) is 0 Å².